The molecule has 0 atom stereocenters. The molecule has 1 fully saturated rings. The summed E-state index contributed by atoms with van der Waals surface area (Å²) in [7, 11) is 0. The molecule has 44 valence electrons. The van der Waals surface area contributed by atoms with Crippen molar-refractivity contribution in [3.05, 3.63) is 4.85 Å². The molecule has 0 amide bonds. The van der Waals surface area contributed by atoms with E-state index in [1.54, 1.807) is 6.92 Å². The fourth-order valence-corrected chi connectivity index (χ4v) is 0.578. The Balaban J connectivity index is 2.56. The lowest BCUT2D eigenvalue weighted by atomic mass is 10.6. The largest absolute Gasteiger partial charge is 0.498 e. The van der Waals surface area contributed by atoms with Gasteiger partial charge in [-0.25, -0.2) is 0 Å². The van der Waals surface area contributed by atoms with E-state index < -0.39 is 5.91 Å². The maximum Gasteiger partial charge on any atom is 0.498 e. The predicted octanol–water partition coefficient (Wildman–Crippen LogP) is 0.670. The molecule has 1 saturated heterocycles. The van der Waals surface area contributed by atoms with Gasteiger partial charge in [0.1, 0.15) is 0 Å². The van der Waals surface area contributed by atoms with Crippen molar-refractivity contribution in [2.24, 2.45) is 0 Å². The number of ether oxygens (including phenoxy) is 2. The standard InChI is InChI=1S/C5H8NO2/c1-5(6-2)7-3-4-8-5/h2H,3-4H2,1H3/q+1. The van der Waals surface area contributed by atoms with E-state index in [4.69, 9.17) is 16.0 Å². The minimum atomic E-state index is -0.861. The molecule has 0 bridgehead atoms. The van der Waals surface area contributed by atoms with Gasteiger partial charge in [0.15, 0.2) is 0 Å². The zero-order chi connectivity index (χ0) is 6.04. The van der Waals surface area contributed by atoms with Crippen molar-refractivity contribution in [1.29, 1.82) is 0 Å². The van der Waals surface area contributed by atoms with Crippen molar-refractivity contribution < 1.29 is 9.47 Å². The van der Waals surface area contributed by atoms with E-state index in [1.165, 1.54) is 0 Å². The van der Waals surface area contributed by atoms with Gasteiger partial charge in [-0.2, -0.15) is 0 Å². The maximum absolute atomic E-state index is 4.98. The van der Waals surface area contributed by atoms with Crippen LogP contribution in [0.1, 0.15) is 6.92 Å². The van der Waals surface area contributed by atoms with E-state index in [0.717, 1.165) is 0 Å². The summed E-state index contributed by atoms with van der Waals surface area (Å²) in [5.74, 6) is -0.861. The molecule has 0 spiro atoms. The van der Waals surface area contributed by atoms with Crippen molar-refractivity contribution >= 4 is 0 Å². The highest BCUT2D eigenvalue weighted by atomic mass is 16.8. The van der Waals surface area contributed by atoms with Crippen molar-refractivity contribution in [2.75, 3.05) is 13.2 Å². The molecule has 1 heterocycles. The Morgan fingerprint density at radius 3 is 2.25 bits per heavy atom. The fraction of sp³-hybridized carbons (Fsp3) is 0.800. The summed E-state index contributed by atoms with van der Waals surface area (Å²) in [5, 5.41) is 0. The minimum absolute atomic E-state index is 0.581. The highest BCUT2D eigenvalue weighted by Gasteiger charge is 2.41. The van der Waals surface area contributed by atoms with Gasteiger partial charge in [-0.3, -0.25) is 9.47 Å². The van der Waals surface area contributed by atoms with Gasteiger partial charge in [0.05, 0.1) is 20.1 Å². The zero-order valence-corrected chi connectivity index (χ0v) is 4.76. The molecular formula is C5H8NO2+. The Bertz CT molecular complexity index is 121. The Morgan fingerprint density at radius 1 is 1.50 bits per heavy atom. The van der Waals surface area contributed by atoms with Crippen LogP contribution in [-0.2, 0) is 9.47 Å². The monoisotopic (exact) mass is 114 g/mol. The van der Waals surface area contributed by atoms with Crippen LogP contribution in [0.15, 0.2) is 0 Å². The lowest BCUT2D eigenvalue weighted by molar-refractivity contribution is -0.102. The lowest BCUT2D eigenvalue weighted by Crippen LogP contribution is -2.19. The van der Waals surface area contributed by atoms with Crippen LogP contribution < -0.4 is 0 Å². The molecule has 3 heteroatoms. The highest BCUT2D eigenvalue weighted by molar-refractivity contribution is 4.81. The Kier molecular flexibility index (Phi) is 1.20. The molecule has 0 N–H and O–H groups in total. The van der Waals surface area contributed by atoms with Gasteiger partial charge in [-0.05, 0) is 4.85 Å². The second-order valence-corrected chi connectivity index (χ2v) is 1.72. The lowest BCUT2D eigenvalue weighted by Gasteiger charge is -1.98. The van der Waals surface area contributed by atoms with E-state index >= 15 is 0 Å². The van der Waals surface area contributed by atoms with Crippen molar-refractivity contribution in [2.45, 2.75) is 12.8 Å². The Morgan fingerprint density at radius 2 is 2.00 bits per heavy atom. The van der Waals surface area contributed by atoms with Crippen LogP contribution in [0.25, 0.3) is 4.85 Å². The van der Waals surface area contributed by atoms with Crippen LogP contribution in [0.2, 0.25) is 0 Å². The second-order valence-electron chi connectivity index (χ2n) is 1.72. The van der Waals surface area contributed by atoms with Gasteiger partial charge < -0.3 is 0 Å². The summed E-state index contributed by atoms with van der Waals surface area (Å²) >= 11 is 0. The van der Waals surface area contributed by atoms with E-state index in [9.17, 15) is 0 Å². The first-order chi connectivity index (χ1) is 3.77. The highest BCUT2D eigenvalue weighted by Crippen LogP contribution is 2.18. The second kappa shape index (κ2) is 1.73. The van der Waals surface area contributed by atoms with Crippen LogP contribution in [0, 0.1) is 6.57 Å². The first-order valence-electron chi connectivity index (χ1n) is 2.47. The Hall–Kier alpha value is -0.590. The molecule has 3 nitrogen and oxygen atoms in total. The van der Waals surface area contributed by atoms with Gasteiger partial charge >= 0.3 is 5.91 Å². The van der Waals surface area contributed by atoms with Gasteiger partial charge in [0, 0.05) is 0 Å². The third kappa shape index (κ3) is 0.808. The maximum atomic E-state index is 4.98. The Labute approximate surface area is 48.0 Å². The minimum Gasteiger partial charge on any atom is -0.279 e. The van der Waals surface area contributed by atoms with E-state index in [-0.39, 0.29) is 0 Å². The molecule has 8 heavy (non-hydrogen) atoms. The van der Waals surface area contributed by atoms with Crippen molar-refractivity contribution in [3.63, 3.8) is 0 Å². The molecule has 0 unspecified atom stereocenters. The van der Waals surface area contributed by atoms with Gasteiger partial charge in [0.2, 0.25) is 0 Å². The molecule has 1 aliphatic rings. The summed E-state index contributed by atoms with van der Waals surface area (Å²) in [6.45, 7) is 7.78. The average Bonchev–Trinajstić information content (AvgIpc) is 2.17. The van der Waals surface area contributed by atoms with Crippen molar-refractivity contribution in [3.8, 4) is 6.57 Å². The summed E-state index contributed by atoms with van der Waals surface area (Å²) in [6.07, 6.45) is 0. The zero-order valence-electron chi connectivity index (χ0n) is 4.76. The number of nitrogens with zero attached hydrogens (tertiary/aromatic N) is 1. The van der Waals surface area contributed by atoms with Gasteiger partial charge in [0.25, 0.3) is 6.57 Å². The normalized spacial score (nSPS) is 25.0. The smallest absolute Gasteiger partial charge is 0.279 e. The van der Waals surface area contributed by atoms with Crippen LogP contribution >= 0.6 is 0 Å². The summed E-state index contributed by atoms with van der Waals surface area (Å²) in [5.41, 5.74) is 0. The van der Waals surface area contributed by atoms with Crippen LogP contribution in [0.3, 0.4) is 0 Å². The van der Waals surface area contributed by atoms with Gasteiger partial charge in [-0.1, -0.05) is 0 Å². The van der Waals surface area contributed by atoms with Crippen LogP contribution in [-0.4, -0.2) is 19.1 Å². The molecule has 1 rings (SSSR count). The van der Waals surface area contributed by atoms with Gasteiger partial charge in [-0.15, -0.1) is 0 Å². The third-order valence-electron chi connectivity index (χ3n) is 1.06. The molecule has 0 saturated carbocycles. The van der Waals surface area contributed by atoms with Crippen molar-refractivity contribution in [1.82, 2.24) is 0 Å². The summed E-state index contributed by atoms with van der Waals surface area (Å²) < 4.78 is 9.95. The molecule has 0 aliphatic carbocycles. The molecule has 0 aromatic heterocycles. The third-order valence-corrected chi connectivity index (χ3v) is 1.06. The SMILES string of the molecule is C#[N+]C1(C)OCCO1. The number of rotatable bonds is 0. The average molecular weight is 114 g/mol. The number of hydrogen-bond acceptors (Lipinski definition) is 2. The van der Waals surface area contributed by atoms with E-state index in [2.05, 4.69) is 4.85 Å². The number of hydrogen-bond donors (Lipinski definition) is 0. The summed E-state index contributed by atoms with van der Waals surface area (Å²) in [6, 6.07) is 0. The van der Waals surface area contributed by atoms with E-state index in [0.29, 0.717) is 13.2 Å². The first-order valence-corrected chi connectivity index (χ1v) is 2.47. The summed E-state index contributed by atoms with van der Waals surface area (Å²) in [4.78, 5) is 3.38. The molecule has 1 aliphatic heterocycles. The molecular weight excluding hydrogens is 106 g/mol. The molecule has 0 aromatic carbocycles. The topological polar surface area (TPSA) is 22.8 Å². The fourth-order valence-electron chi connectivity index (χ4n) is 0.578. The van der Waals surface area contributed by atoms with Crippen LogP contribution in [0.4, 0.5) is 0 Å². The molecule has 0 radical (unpaired) electrons. The predicted molar refractivity (Wildman–Crippen MR) is 28.6 cm³/mol. The van der Waals surface area contributed by atoms with E-state index in [1.807, 2.05) is 0 Å². The first kappa shape index (κ1) is 5.54. The quantitative estimate of drug-likeness (QED) is 0.462. The van der Waals surface area contributed by atoms with Crippen LogP contribution in [0.5, 0.6) is 0 Å². The molecule has 0 aromatic rings.